The van der Waals surface area contributed by atoms with Crippen LogP contribution in [0, 0.1) is 6.92 Å². The van der Waals surface area contributed by atoms with Gasteiger partial charge in [0.05, 0.1) is 11.4 Å². The van der Waals surface area contributed by atoms with Gasteiger partial charge in [-0.05, 0) is 29.3 Å². The Kier molecular flexibility index (Phi) is 3.99. The Morgan fingerprint density at radius 3 is 2.61 bits per heavy atom. The maximum absolute atomic E-state index is 12.1. The molecule has 1 amide bonds. The van der Waals surface area contributed by atoms with Crippen LogP contribution in [0.3, 0.4) is 0 Å². The number of nitrogens with zero attached hydrogens (tertiary/aromatic N) is 1. The highest BCUT2D eigenvalue weighted by Gasteiger charge is 2.14. The summed E-state index contributed by atoms with van der Waals surface area (Å²) >= 11 is 1.16. The molecule has 0 radical (unpaired) electrons. The zero-order valence-corrected chi connectivity index (χ0v) is 13.4. The monoisotopic (exact) mass is 324 g/mol. The van der Waals surface area contributed by atoms with E-state index in [1.165, 1.54) is 0 Å². The molecule has 0 atom stereocenters. The molecule has 0 aliphatic carbocycles. The molecule has 116 valence electrons. The number of hydrazine groups is 1. The number of fused-ring (bicyclic) bond motifs is 1. The minimum atomic E-state index is -0.279. The van der Waals surface area contributed by atoms with E-state index in [4.69, 9.17) is 5.73 Å². The summed E-state index contributed by atoms with van der Waals surface area (Å²) in [5.41, 5.74) is 13.2. The molecule has 6 heteroatoms. The predicted octanol–water partition coefficient (Wildman–Crippen LogP) is 3.09. The predicted molar refractivity (Wildman–Crippen MR) is 94.8 cm³/mol. The van der Waals surface area contributed by atoms with Crippen LogP contribution in [0.25, 0.3) is 16.5 Å². The van der Waals surface area contributed by atoms with Gasteiger partial charge in [0, 0.05) is 0 Å². The Morgan fingerprint density at radius 2 is 1.91 bits per heavy atom. The van der Waals surface area contributed by atoms with Crippen LogP contribution in [0.15, 0.2) is 49.0 Å². The van der Waals surface area contributed by atoms with Crippen LogP contribution >= 0.6 is 11.3 Å². The number of thiazole rings is 1. The highest BCUT2D eigenvalue weighted by Crippen LogP contribution is 2.20. The van der Waals surface area contributed by atoms with Gasteiger partial charge in [-0.25, -0.2) is 4.98 Å². The Morgan fingerprint density at radius 1 is 1.17 bits per heavy atom. The van der Waals surface area contributed by atoms with Gasteiger partial charge in [0.2, 0.25) is 0 Å². The van der Waals surface area contributed by atoms with Crippen molar-refractivity contribution in [3.8, 4) is 0 Å². The van der Waals surface area contributed by atoms with Crippen molar-refractivity contribution in [2.75, 3.05) is 5.73 Å². The first-order chi connectivity index (χ1) is 11.0. The number of hydrogen-bond acceptors (Lipinski definition) is 5. The van der Waals surface area contributed by atoms with Gasteiger partial charge >= 0.3 is 0 Å². The van der Waals surface area contributed by atoms with Gasteiger partial charge in [-0.1, -0.05) is 54.3 Å². The van der Waals surface area contributed by atoms with E-state index in [2.05, 4.69) is 22.4 Å². The number of aromatic nitrogens is 1. The molecule has 0 unspecified atom stereocenters. The molecule has 0 aliphatic rings. The van der Waals surface area contributed by atoms with Gasteiger partial charge < -0.3 is 5.73 Å². The standard InChI is InChI=1S/C17H16N4OS/c1-10(13-8-7-12-5-3-4-6-14(12)9-13)20-21-16(22)15-11(2)19-17(18)23-15/h3-9,20H,1H2,2H3,(H2,18,19)(H,21,22). The molecule has 3 rings (SSSR count). The lowest BCUT2D eigenvalue weighted by atomic mass is 10.1. The van der Waals surface area contributed by atoms with Gasteiger partial charge in [0.1, 0.15) is 4.88 Å². The number of amides is 1. The lowest BCUT2D eigenvalue weighted by Crippen LogP contribution is -2.35. The Labute approximate surface area is 137 Å². The van der Waals surface area contributed by atoms with E-state index >= 15 is 0 Å². The van der Waals surface area contributed by atoms with Crippen LogP contribution in [0.1, 0.15) is 20.9 Å². The van der Waals surface area contributed by atoms with Crippen molar-refractivity contribution in [2.24, 2.45) is 0 Å². The number of nitrogens with one attached hydrogen (secondary N) is 2. The normalized spacial score (nSPS) is 10.5. The molecule has 2 aromatic carbocycles. The first kappa shape index (κ1) is 15.1. The number of carbonyl (C=O) groups excluding carboxylic acids is 1. The van der Waals surface area contributed by atoms with E-state index in [0.29, 0.717) is 21.4 Å². The summed E-state index contributed by atoms with van der Waals surface area (Å²) in [6.45, 7) is 5.71. The Balaban J connectivity index is 1.71. The van der Waals surface area contributed by atoms with E-state index in [1.807, 2.05) is 42.5 Å². The first-order valence-corrected chi connectivity index (χ1v) is 7.83. The summed E-state index contributed by atoms with van der Waals surface area (Å²) in [5, 5.41) is 2.65. The zero-order valence-electron chi connectivity index (χ0n) is 12.6. The van der Waals surface area contributed by atoms with Crippen molar-refractivity contribution in [1.29, 1.82) is 0 Å². The smallest absolute Gasteiger partial charge is 0.281 e. The molecule has 0 spiro atoms. The second kappa shape index (κ2) is 6.10. The van der Waals surface area contributed by atoms with E-state index in [0.717, 1.165) is 27.7 Å². The maximum atomic E-state index is 12.1. The average Bonchev–Trinajstić information content (AvgIpc) is 2.90. The largest absolute Gasteiger partial charge is 0.375 e. The van der Waals surface area contributed by atoms with Gasteiger partial charge in [-0.2, -0.15) is 0 Å². The maximum Gasteiger partial charge on any atom is 0.281 e. The lowest BCUT2D eigenvalue weighted by Gasteiger charge is -2.11. The number of rotatable bonds is 4. The van der Waals surface area contributed by atoms with Gasteiger partial charge in [0.25, 0.3) is 5.91 Å². The third-order valence-corrected chi connectivity index (χ3v) is 4.43. The summed E-state index contributed by atoms with van der Waals surface area (Å²) in [6.07, 6.45) is 0. The van der Waals surface area contributed by atoms with Gasteiger partial charge in [-0.3, -0.25) is 15.6 Å². The summed E-state index contributed by atoms with van der Waals surface area (Å²) in [6, 6.07) is 14.1. The number of benzene rings is 2. The summed E-state index contributed by atoms with van der Waals surface area (Å²) in [7, 11) is 0. The second-order valence-electron chi connectivity index (χ2n) is 5.09. The molecular weight excluding hydrogens is 308 g/mol. The number of anilines is 1. The van der Waals surface area contributed by atoms with E-state index in [9.17, 15) is 4.79 Å². The summed E-state index contributed by atoms with van der Waals surface area (Å²) in [5.74, 6) is -0.279. The molecule has 0 bridgehead atoms. The Hall–Kier alpha value is -2.86. The minimum absolute atomic E-state index is 0.279. The van der Waals surface area contributed by atoms with Gasteiger partial charge in [-0.15, -0.1) is 0 Å². The van der Waals surface area contributed by atoms with Crippen molar-refractivity contribution < 1.29 is 4.79 Å². The molecule has 23 heavy (non-hydrogen) atoms. The molecular formula is C17H16N4OS. The third kappa shape index (κ3) is 3.17. The highest BCUT2D eigenvalue weighted by atomic mass is 32.1. The van der Waals surface area contributed by atoms with Crippen LogP contribution in [0.2, 0.25) is 0 Å². The van der Waals surface area contributed by atoms with E-state index in [-0.39, 0.29) is 5.91 Å². The second-order valence-corrected chi connectivity index (χ2v) is 6.12. The molecule has 3 aromatic rings. The third-order valence-electron chi connectivity index (χ3n) is 3.44. The van der Waals surface area contributed by atoms with Crippen molar-refractivity contribution in [2.45, 2.75) is 6.92 Å². The molecule has 0 fully saturated rings. The summed E-state index contributed by atoms with van der Waals surface area (Å²) < 4.78 is 0. The quantitative estimate of drug-likeness (QED) is 0.644. The van der Waals surface area contributed by atoms with Crippen LogP contribution in [0.4, 0.5) is 5.13 Å². The average molecular weight is 324 g/mol. The zero-order chi connectivity index (χ0) is 16.4. The van der Waals surface area contributed by atoms with Crippen LogP contribution in [-0.4, -0.2) is 10.9 Å². The number of nitrogen functional groups attached to an aromatic ring is 1. The molecule has 0 saturated carbocycles. The van der Waals surface area contributed by atoms with E-state index < -0.39 is 0 Å². The SMILES string of the molecule is C=C(NNC(=O)c1sc(N)nc1C)c1ccc2ccccc2c1. The molecule has 4 N–H and O–H groups in total. The fourth-order valence-corrected chi connectivity index (χ4v) is 2.99. The van der Waals surface area contributed by atoms with Crippen LogP contribution < -0.4 is 16.6 Å². The minimum Gasteiger partial charge on any atom is -0.375 e. The number of nitrogens with two attached hydrogens (primary N) is 1. The van der Waals surface area contributed by atoms with Crippen molar-refractivity contribution in [3.05, 3.63) is 65.2 Å². The first-order valence-electron chi connectivity index (χ1n) is 7.02. The van der Waals surface area contributed by atoms with Crippen molar-refractivity contribution >= 4 is 38.8 Å². The number of hydrogen-bond donors (Lipinski definition) is 3. The van der Waals surface area contributed by atoms with Crippen LogP contribution in [-0.2, 0) is 0 Å². The number of aryl methyl sites for hydroxylation is 1. The fraction of sp³-hybridized carbons (Fsp3) is 0.0588. The fourth-order valence-electron chi connectivity index (χ4n) is 2.27. The van der Waals surface area contributed by atoms with Gasteiger partial charge in [0.15, 0.2) is 5.13 Å². The molecule has 1 heterocycles. The molecule has 5 nitrogen and oxygen atoms in total. The number of carbonyl (C=O) groups is 1. The molecule has 0 aliphatic heterocycles. The molecule has 1 aromatic heterocycles. The summed E-state index contributed by atoms with van der Waals surface area (Å²) in [4.78, 5) is 16.7. The van der Waals surface area contributed by atoms with E-state index in [1.54, 1.807) is 6.92 Å². The Bertz CT molecular complexity index is 900. The highest BCUT2D eigenvalue weighted by molar-refractivity contribution is 7.17. The lowest BCUT2D eigenvalue weighted by molar-refractivity contribution is 0.0946. The van der Waals surface area contributed by atoms with Crippen molar-refractivity contribution in [1.82, 2.24) is 15.8 Å². The van der Waals surface area contributed by atoms with Crippen molar-refractivity contribution in [3.63, 3.8) is 0 Å². The topological polar surface area (TPSA) is 80.0 Å². The van der Waals surface area contributed by atoms with Crippen LogP contribution in [0.5, 0.6) is 0 Å². The molecule has 0 saturated heterocycles.